The van der Waals surface area contributed by atoms with Gasteiger partial charge in [0.15, 0.2) is 5.82 Å². The number of nitrogens with two attached hydrogens (primary N) is 1. The highest BCUT2D eigenvalue weighted by atomic mass is 19.4. The van der Waals surface area contributed by atoms with Crippen molar-refractivity contribution in [2.24, 2.45) is 5.73 Å². The normalized spacial score (nSPS) is 17.7. The van der Waals surface area contributed by atoms with E-state index in [1.165, 1.54) is 13.0 Å². The summed E-state index contributed by atoms with van der Waals surface area (Å²) >= 11 is 0. The highest BCUT2D eigenvalue weighted by Gasteiger charge is 2.33. The molecule has 2 atom stereocenters. The Labute approximate surface area is 190 Å². The summed E-state index contributed by atoms with van der Waals surface area (Å²) in [6.45, 7) is 5.03. The molecule has 0 spiro atoms. The van der Waals surface area contributed by atoms with Crippen molar-refractivity contribution < 1.29 is 13.2 Å². The van der Waals surface area contributed by atoms with E-state index in [0.29, 0.717) is 23.1 Å². The number of hydrogen-bond donors (Lipinski definition) is 2. The van der Waals surface area contributed by atoms with Gasteiger partial charge in [0.05, 0.1) is 11.3 Å². The molecule has 3 heterocycles. The molecule has 3 N–H and O–H groups in total. The van der Waals surface area contributed by atoms with E-state index in [4.69, 9.17) is 5.73 Å². The Morgan fingerprint density at radius 1 is 1.18 bits per heavy atom. The second kappa shape index (κ2) is 8.75. The number of rotatable bonds is 5. The zero-order chi connectivity index (χ0) is 23.9. The Hall–Kier alpha value is -2.98. The number of nitrogens with one attached hydrogen (secondary N) is 1. The lowest BCUT2D eigenvalue weighted by Crippen LogP contribution is -2.31. The van der Waals surface area contributed by atoms with Crippen LogP contribution in [0.25, 0.3) is 10.8 Å². The summed E-state index contributed by atoms with van der Waals surface area (Å²) in [6.07, 6.45) is -2.53. The lowest BCUT2D eigenvalue weighted by molar-refractivity contribution is -0.138. The fourth-order valence-corrected chi connectivity index (χ4v) is 4.33. The Bertz CT molecular complexity index is 1160. The molecule has 4 rings (SSSR count). The van der Waals surface area contributed by atoms with Gasteiger partial charge in [-0.1, -0.05) is 12.1 Å². The summed E-state index contributed by atoms with van der Waals surface area (Å²) in [5.41, 5.74) is 6.75. The van der Waals surface area contributed by atoms with Crippen LogP contribution < -0.4 is 16.0 Å². The van der Waals surface area contributed by atoms with Crippen LogP contribution in [0.5, 0.6) is 0 Å². The van der Waals surface area contributed by atoms with Gasteiger partial charge in [-0.25, -0.2) is 4.98 Å². The molecule has 0 aliphatic carbocycles. The zero-order valence-corrected chi connectivity index (χ0v) is 19.1. The van der Waals surface area contributed by atoms with Crippen molar-refractivity contribution in [2.75, 3.05) is 37.4 Å². The van der Waals surface area contributed by atoms with Gasteiger partial charge in [-0.05, 0) is 57.6 Å². The highest BCUT2D eigenvalue weighted by molar-refractivity contribution is 5.94. The number of hydrogen-bond acceptors (Lipinski definition) is 7. The Morgan fingerprint density at radius 2 is 1.94 bits per heavy atom. The predicted octanol–water partition coefficient (Wildman–Crippen LogP) is 3.87. The molecule has 0 bridgehead atoms. The molecule has 1 fully saturated rings. The topological polar surface area (TPSA) is 83.2 Å². The number of benzene rings is 1. The fraction of sp³-hybridized carbons (Fsp3) is 0.435. The Balaban J connectivity index is 1.68. The molecule has 176 valence electrons. The number of halogens is 3. The number of likely N-dealkylation sites (N-methyl/N-ethyl adjacent to an activating group) is 1. The van der Waals surface area contributed by atoms with Crippen LogP contribution in [0.15, 0.2) is 30.5 Å². The molecule has 33 heavy (non-hydrogen) atoms. The molecule has 0 amide bonds. The van der Waals surface area contributed by atoms with E-state index in [9.17, 15) is 13.2 Å². The number of aromatic nitrogens is 3. The largest absolute Gasteiger partial charge is 0.416 e. The first kappa shape index (κ1) is 23.2. The summed E-state index contributed by atoms with van der Waals surface area (Å²) in [5.74, 6) is 1.23. The second-order valence-corrected chi connectivity index (χ2v) is 8.71. The average molecular weight is 460 g/mol. The predicted molar refractivity (Wildman–Crippen MR) is 123 cm³/mol. The molecule has 0 saturated carbocycles. The van der Waals surface area contributed by atoms with E-state index in [1.807, 2.05) is 13.0 Å². The third kappa shape index (κ3) is 4.58. The lowest BCUT2D eigenvalue weighted by atomic mass is 10.00. The number of alkyl halides is 3. The molecule has 3 aromatic rings. The van der Waals surface area contributed by atoms with E-state index < -0.39 is 17.9 Å². The Morgan fingerprint density at radius 3 is 2.61 bits per heavy atom. The van der Waals surface area contributed by atoms with Crippen LogP contribution in [-0.2, 0) is 6.18 Å². The minimum absolute atomic E-state index is 0.0866. The molecule has 0 radical (unpaired) electrons. The van der Waals surface area contributed by atoms with Gasteiger partial charge in [-0.2, -0.15) is 18.3 Å². The summed E-state index contributed by atoms with van der Waals surface area (Å²) < 4.78 is 40.0. The zero-order valence-electron chi connectivity index (χ0n) is 19.1. The number of pyridine rings is 1. The minimum atomic E-state index is -4.45. The smallest absolute Gasteiger partial charge is 0.355 e. The van der Waals surface area contributed by atoms with Crippen molar-refractivity contribution in [2.45, 2.75) is 38.7 Å². The lowest BCUT2D eigenvalue weighted by Gasteiger charge is -2.22. The van der Waals surface area contributed by atoms with Crippen LogP contribution in [0.4, 0.5) is 24.8 Å². The fourth-order valence-electron chi connectivity index (χ4n) is 4.33. The summed E-state index contributed by atoms with van der Waals surface area (Å²) in [6, 6.07) is 6.41. The minimum Gasteiger partial charge on any atom is -0.355 e. The first-order valence-electron chi connectivity index (χ1n) is 10.8. The molecule has 1 aliphatic rings. The quantitative estimate of drug-likeness (QED) is 0.561. The number of anilines is 2. The van der Waals surface area contributed by atoms with Crippen LogP contribution in [0.3, 0.4) is 0 Å². The molecule has 1 saturated heterocycles. The van der Waals surface area contributed by atoms with E-state index in [2.05, 4.69) is 44.4 Å². The third-order valence-corrected chi connectivity index (χ3v) is 6.36. The molecule has 7 nitrogen and oxygen atoms in total. The van der Waals surface area contributed by atoms with Crippen LogP contribution in [-0.4, -0.2) is 53.3 Å². The molecule has 10 heteroatoms. The van der Waals surface area contributed by atoms with Gasteiger partial charge in [0.1, 0.15) is 12.0 Å². The first-order chi connectivity index (χ1) is 15.6. The number of fused-ring (bicyclic) bond motifs is 1. The maximum atomic E-state index is 13.3. The molecule has 2 aromatic heterocycles. The van der Waals surface area contributed by atoms with Crippen molar-refractivity contribution in [1.29, 1.82) is 0 Å². The van der Waals surface area contributed by atoms with E-state index >= 15 is 0 Å². The molecular weight excluding hydrogens is 431 g/mol. The maximum Gasteiger partial charge on any atom is 0.416 e. The van der Waals surface area contributed by atoms with Crippen LogP contribution >= 0.6 is 0 Å². The van der Waals surface area contributed by atoms with Gasteiger partial charge in [0.25, 0.3) is 0 Å². The molecule has 1 aromatic carbocycles. The second-order valence-electron chi connectivity index (χ2n) is 8.71. The van der Waals surface area contributed by atoms with Gasteiger partial charge in [0.2, 0.25) is 0 Å². The van der Waals surface area contributed by atoms with Gasteiger partial charge in [-0.3, -0.25) is 0 Å². The van der Waals surface area contributed by atoms with Gasteiger partial charge >= 0.3 is 6.18 Å². The summed E-state index contributed by atoms with van der Waals surface area (Å²) in [4.78, 5) is 9.06. The van der Waals surface area contributed by atoms with Crippen molar-refractivity contribution in [3.8, 4) is 0 Å². The van der Waals surface area contributed by atoms with E-state index in [1.54, 1.807) is 12.3 Å². The third-order valence-electron chi connectivity index (χ3n) is 6.36. The van der Waals surface area contributed by atoms with E-state index in [-0.39, 0.29) is 5.56 Å². The summed E-state index contributed by atoms with van der Waals surface area (Å²) in [7, 11) is 4.14. The van der Waals surface area contributed by atoms with Gasteiger partial charge in [0, 0.05) is 36.1 Å². The molecule has 0 unspecified atom stereocenters. The molecule has 1 aliphatic heterocycles. The van der Waals surface area contributed by atoms with Crippen LogP contribution in [0, 0.1) is 13.8 Å². The number of aryl methyl sites for hydroxylation is 1. The monoisotopic (exact) mass is 459 g/mol. The van der Waals surface area contributed by atoms with E-state index in [0.717, 1.165) is 42.2 Å². The first-order valence-corrected chi connectivity index (χ1v) is 10.8. The summed E-state index contributed by atoms with van der Waals surface area (Å²) in [5, 5.41) is 13.1. The van der Waals surface area contributed by atoms with Gasteiger partial charge in [-0.15, -0.1) is 5.10 Å². The van der Waals surface area contributed by atoms with Crippen molar-refractivity contribution in [3.05, 3.63) is 52.8 Å². The number of nitrogens with zero attached hydrogens (tertiary/aromatic N) is 5. The Kier molecular flexibility index (Phi) is 6.15. The SMILES string of the molecule is Cc1c([C@@H](N)Nc2nnc(C)c3cnc(N4CC[C@H](N(C)C)C4)cc23)cccc1C(F)(F)F. The van der Waals surface area contributed by atoms with Crippen LogP contribution in [0.2, 0.25) is 0 Å². The maximum absolute atomic E-state index is 13.3. The molecular formula is C23H28F3N7. The van der Waals surface area contributed by atoms with Crippen molar-refractivity contribution >= 4 is 22.4 Å². The van der Waals surface area contributed by atoms with Crippen molar-refractivity contribution in [1.82, 2.24) is 20.1 Å². The van der Waals surface area contributed by atoms with Crippen LogP contribution in [0.1, 0.15) is 35.0 Å². The van der Waals surface area contributed by atoms with Gasteiger partial charge < -0.3 is 20.9 Å². The average Bonchev–Trinajstić information content (AvgIpc) is 3.25. The standard InChI is InChI=1S/C23H28F3N7/c1-13-16(6-5-7-19(13)23(24,25)26)21(27)29-22-17-10-20(28-11-18(17)14(2)30-31-22)33-9-8-15(12-33)32(3)4/h5-7,10-11,15,21H,8-9,12,27H2,1-4H3,(H,29,31)/t15-,21-/m0/s1. The highest BCUT2D eigenvalue weighted by Crippen LogP contribution is 2.35. The van der Waals surface area contributed by atoms with Crippen molar-refractivity contribution in [3.63, 3.8) is 0 Å².